The normalized spacial score (nSPS) is 26.8. The van der Waals surface area contributed by atoms with Gasteiger partial charge in [0.15, 0.2) is 0 Å². The van der Waals surface area contributed by atoms with E-state index in [9.17, 15) is 8.42 Å². The Morgan fingerprint density at radius 2 is 1.85 bits per heavy atom. The molecule has 0 radical (unpaired) electrons. The summed E-state index contributed by atoms with van der Waals surface area (Å²) < 4.78 is 32.8. The van der Waals surface area contributed by atoms with Crippen LogP contribution < -0.4 is 10.5 Å². The van der Waals surface area contributed by atoms with Crippen molar-refractivity contribution in [3.05, 3.63) is 0 Å². The average Bonchev–Trinajstić information content (AvgIpc) is 2.47. The summed E-state index contributed by atoms with van der Waals surface area (Å²) in [4.78, 5) is 0. The van der Waals surface area contributed by atoms with Gasteiger partial charge in [0, 0.05) is 19.2 Å². The highest BCUT2D eigenvalue weighted by Gasteiger charge is 2.32. The number of nitrogens with two attached hydrogens (primary N) is 1. The Morgan fingerprint density at radius 1 is 1.15 bits per heavy atom. The predicted octanol–water partition coefficient (Wildman–Crippen LogP) is 1.41. The third-order valence-corrected chi connectivity index (χ3v) is 6.23. The Morgan fingerprint density at radius 3 is 2.40 bits per heavy atom. The van der Waals surface area contributed by atoms with Gasteiger partial charge in [-0.15, -0.1) is 12.4 Å². The van der Waals surface area contributed by atoms with Crippen LogP contribution in [0.2, 0.25) is 0 Å². The minimum atomic E-state index is -3.30. The lowest BCUT2D eigenvalue weighted by atomic mass is 9.84. The number of hydrogen-bond donors (Lipinski definition) is 2. The highest BCUT2D eigenvalue weighted by Crippen LogP contribution is 2.27. The molecule has 2 atom stereocenters. The van der Waals surface area contributed by atoms with Crippen LogP contribution in [0.5, 0.6) is 0 Å². The van der Waals surface area contributed by atoms with Gasteiger partial charge in [-0.05, 0) is 31.6 Å². The van der Waals surface area contributed by atoms with E-state index in [4.69, 9.17) is 10.5 Å². The topological polar surface area (TPSA) is 81.4 Å². The molecule has 0 amide bonds. The van der Waals surface area contributed by atoms with Gasteiger partial charge in [0.25, 0.3) is 0 Å². The van der Waals surface area contributed by atoms with Crippen molar-refractivity contribution in [2.45, 2.75) is 56.2 Å². The molecule has 5 nitrogen and oxygen atoms in total. The number of rotatable bonds is 5. The summed E-state index contributed by atoms with van der Waals surface area (Å²) in [6.07, 6.45) is 7.33. The van der Waals surface area contributed by atoms with Gasteiger partial charge < -0.3 is 10.5 Å². The van der Waals surface area contributed by atoms with Crippen LogP contribution >= 0.6 is 12.4 Å². The lowest BCUT2D eigenvalue weighted by Crippen LogP contribution is -2.50. The quantitative estimate of drug-likeness (QED) is 0.800. The molecule has 7 heteroatoms. The fourth-order valence-corrected chi connectivity index (χ4v) is 4.79. The van der Waals surface area contributed by atoms with Gasteiger partial charge in [0.2, 0.25) is 10.0 Å². The lowest BCUT2D eigenvalue weighted by Gasteiger charge is -2.32. The minimum absolute atomic E-state index is 0. The van der Waals surface area contributed by atoms with E-state index in [1.807, 2.05) is 0 Å². The summed E-state index contributed by atoms with van der Waals surface area (Å²) in [5, 5.41) is -0.404. The third kappa shape index (κ3) is 4.84. The Bertz CT molecular complexity index is 366. The van der Waals surface area contributed by atoms with Crippen molar-refractivity contribution >= 4 is 22.4 Å². The first-order chi connectivity index (χ1) is 9.13. The molecular formula is C13H27ClN2O3S. The van der Waals surface area contributed by atoms with Gasteiger partial charge in [0.1, 0.15) is 0 Å². The molecule has 0 aromatic rings. The van der Waals surface area contributed by atoms with Crippen molar-refractivity contribution < 1.29 is 13.2 Å². The summed E-state index contributed by atoms with van der Waals surface area (Å²) in [6, 6.07) is -0.104. The molecule has 1 saturated carbocycles. The van der Waals surface area contributed by atoms with Crippen molar-refractivity contribution in [3.8, 4) is 0 Å². The molecule has 2 rings (SSSR count). The summed E-state index contributed by atoms with van der Waals surface area (Å²) in [5.41, 5.74) is 5.78. The van der Waals surface area contributed by atoms with Crippen molar-refractivity contribution in [2.75, 3.05) is 19.8 Å². The second-order valence-corrected chi connectivity index (χ2v) is 7.73. The minimum Gasteiger partial charge on any atom is -0.380 e. The molecule has 2 aliphatic rings. The number of hydrogen-bond acceptors (Lipinski definition) is 4. The monoisotopic (exact) mass is 326 g/mol. The highest BCUT2D eigenvalue weighted by molar-refractivity contribution is 7.90. The average molecular weight is 327 g/mol. The third-order valence-electron chi connectivity index (χ3n) is 4.35. The Labute approximate surface area is 128 Å². The zero-order valence-electron chi connectivity index (χ0n) is 11.9. The van der Waals surface area contributed by atoms with E-state index in [1.54, 1.807) is 0 Å². The first kappa shape index (κ1) is 18.2. The Balaban J connectivity index is 0.00000200. The molecule has 120 valence electrons. The molecule has 2 fully saturated rings. The van der Waals surface area contributed by atoms with Crippen LogP contribution in [0, 0.1) is 5.92 Å². The van der Waals surface area contributed by atoms with Crippen LogP contribution in [-0.4, -0.2) is 39.5 Å². The molecule has 0 spiro atoms. The lowest BCUT2D eigenvalue weighted by molar-refractivity contribution is 0.0985. The van der Waals surface area contributed by atoms with E-state index in [1.165, 1.54) is 19.3 Å². The SMILES string of the molecule is Cl.NCC(NS(=O)(=O)C1CCCOC1)C1CCCCC1. The van der Waals surface area contributed by atoms with E-state index < -0.39 is 15.3 Å². The molecule has 0 bridgehead atoms. The van der Waals surface area contributed by atoms with E-state index >= 15 is 0 Å². The zero-order valence-corrected chi connectivity index (χ0v) is 13.6. The second-order valence-electron chi connectivity index (χ2n) is 5.74. The second kappa shape index (κ2) is 8.54. The van der Waals surface area contributed by atoms with E-state index in [-0.39, 0.29) is 18.4 Å². The molecule has 3 N–H and O–H groups in total. The first-order valence-electron chi connectivity index (χ1n) is 7.42. The molecule has 1 aliphatic heterocycles. The maximum absolute atomic E-state index is 12.4. The smallest absolute Gasteiger partial charge is 0.217 e. The van der Waals surface area contributed by atoms with Gasteiger partial charge >= 0.3 is 0 Å². The number of sulfonamides is 1. The number of nitrogens with one attached hydrogen (secondary N) is 1. The van der Waals surface area contributed by atoms with Crippen LogP contribution in [0.3, 0.4) is 0 Å². The van der Waals surface area contributed by atoms with Crippen molar-refractivity contribution in [3.63, 3.8) is 0 Å². The van der Waals surface area contributed by atoms with Crippen LogP contribution in [0.4, 0.5) is 0 Å². The van der Waals surface area contributed by atoms with Gasteiger partial charge in [-0.1, -0.05) is 19.3 Å². The Kier molecular flexibility index (Phi) is 7.75. The van der Waals surface area contributed by atoms with Gasteiger partial charge in [-0.3, -0.25) is 0 Å². The van der Waals surface area contributed by atoms with E-state index in [0.717, 1.165) is 19.3 Å². The fourth-order valence-electron chi connectivity index (χ4n) is 3.14. The fraction of sp³-hybridized carbons (Fsp3) is 1.00. The van der Waals surface area contributed by atoms with Crippen LogP contribution in [0.25, 0.3) is 0 Å². The molecule has 20 heavy (non-hydrogen) atoms. The van der Waals surface area contributed by atoms with Crippen molar-refractivity contribution in [1.29, 1.82) is 0 Å². The van der Waals surface area contributed by atoms with Gasteiger partial charge in [-0.2, -0.15) is 0 Å². The predicted molar refractivity (Wildman–Crippen MR) is 82.6 cm³/mol. The molecule has 1 heterocycles. The summed E-state index contributed by atoms with van der Waals surface area (Å²) >= 11 is 0. The molecule has 0 aromatic heterocycles. The maximum Gasteiger partial charge on any atom is 0.217 e. The van der Waals surface area contributed by atoms with Crippen molar-refractivity contribution in [1.82, 2.24) is 4.72 Å². The molecule has 1 aliphatic carbocycles. The standard InChI is InChI=1S/C13H26N2O3S.ClH/c14-9-13(11-5-2-1-3-6-11)15-19(16,17)12-7-4-8-18-10-12;/h11-13,15H,1-10,14H2;1H. The van der Waals surface area contributed by atoms with Gasteiger partial charge in [-0.25, -0.2) is 13.1 Å². The van der Waals surface area contributed by atoms with Crippen molar-refractivity contribution in [2.24, 2.45) is 11.7 Å². The van der Waals surface area contributed by atoms with Crippen LogP contribution in [-0.2, 0) is 14.8 Å². The molecule has 0 aromatic carbocycles. The zero-order chi connectivity index (χ0) is 13.7. The molecular weight excluding hydrogens is 300 g/mol. The van der Waals surface area contributed by atoms with Crippen LogP contribution in [0.1, 0.15) is 44.9 Å². The largest absolute Gasteiger partial charge is 0.380 e. The maximum atomic E-state index is 12.4. The first-order valence-corrected chi connectivity index (χ1v) is 8.97. The summed E-state index contributed by atoms with van der Waals surface area (Å²) in [5.74, 6) is 0.401. The molecule has 1 saturated heterocycles. The van der Waals surface area contributed by atoms with Gasteiger partial charge in [0.05, 0.1) is 11.9 Å². The highest BCUT2D eigenvalue weighted by atomic mass is 35.5. The molecule has 2 unspecified atom stereocenters. The Hall–Kier alpha value is 0.120. The van der Waals surface area contributed by atoms with E-state index in [0.29, 0.717) is 32.1 Å². The number of halogens is 1. The summed E-state index contributed by atoms with van der Waals surface area (Å²) in [7, 11) is -3.30. The van der Waals surface area contributed by atoms with Crippen LogP contribution in [0.15, 0.2) is 0 Å². The number of ether oxygens (including phenoxy) is 1. The summed E-state index contributed by atoms with van der Waals surface area (Å²) in [6.45, 7) is 1.38. The van der Waals surface area contributed by atoms with E-state index in [2.05, 4.69) is 4.72 Å².